The summed E-state index contributed by atoms with van der Waals surface area (Å²) in [5, 5.41) is 0. The summed E-state index contributed by atoms with van der Waals surface area (Å²) in [6.45, 7) is 13.6. The van der Waals surface area contributed by atoms with Crippen molar-refractivity contribution in [2.24, 2.45) is 17.8 Å². The predicted molar refractivity (Wildman–Crippen MR) is 233 cm³/mol. The van der Waals surface area contributed by atoms with E-state index in [0.29, 0.717) is 19.3 Å². The highest BCUT2D eigenvalue weighted by Gasteiger charge is 2.19. The first kappa shape index (κ1) is 53.4. The average molecular weight is 779 g/mol. The summed E-state index contributed by atoms with van der Waals surface area (Å²) < 4.78 is 16.7. The first-order chi connectivity index (χ1) is 26.6. The number of esters is 3. The SMILES string of the molecule is CCC(C)CCCCCCCCCCC(=O)OC[C@H](COC(=O)CCCCCCCCCCCCCCCC(C)C)OC(=O)CCCCCCCCC(C)C. The Hall–Kier alpha value is -1.59. The minimum atomic E-state index is -0.762. The van der Waals surface area contributed by atoms with Gasteiger partial charge in [-0.1, -0.05) is 221 Å². The van der Waals surface area contributed by atoms with Gasteiger partial charge in [-0.25, -0.2) is 0 Å². The van der Waals surface area contributed by atoms with E-state index in [2.05, 4.69) is 41.5 Å². The molecular weight excluding hydrogens is 685 g/mol. The topological polar surface area (TPSA) is 78.9 Å². The van der Waals surface area contributed by atoms with E-state index < -0.39 is 6.10 Å². The van der Waals surface area contributed by atoms with E-state index in [9.17, 15) is 14.4 Å². The van der Waals surface area contributed by atoms with Gasteiger partial charge in [-0.2, -0.15) is 0 Å². The minimum Gasteiger partial charge on any atom is -0.462 e. The lowest BCUT2D eigenvalue weighted by Crippen LogP contribution is -2.30. The summed E-state index contributed by atoms with van der Waals surface area (Å²) in [5.74, 6) is 1.58. The van der Waals surface area contributed by atoms with E-state index in [1.54, 1.807) is 0 Å². The lowest BCUT2D eigenvalue weighted by Gasteiger charge is -2.18. The van der Waals surface area contributed by atoms with Crippen molar-refractivity contribution in [1.29, 1.82) is 0 Å². The Morgan fingerprint density at radius 1 is 0.364 bits per heavy atom. The molecule has 6 heteroatoms. The van der Waals surface area contributed by atoms with Crippen molar-refractivity contribution in [2.45, 2.75) is 266 Å². The average Bonchev–Trinajstić information content (AvgIpc) is 3.15. The summed E-state index contributed by atoms with van der Waals surface area (Å²) in [5.41, 5.74) is 0. The summed E-state index contributed by atoms with van der Waals surface area (Å²) in [6, 6.07) is 0. The molecule has 0 heterocycles. The largest absolute Gasteiger partial charge is 0.462 e. The quantitative estimate of drug-likeness (QED) is 0.0349. The van der Waals surface area contributed by atoms with E-state index in [4.69, 9.17) is 14.2 Å². The molecule has 0 spiro atoms. The molecule has 0 aromatic carbocycles. The molecule has 0 saturated carbocycles. The molecule has 0 amide bonds. The second-order valence-corrected chi connectivity index (χ2v) is 17.9. The van der Waals surface area contributed by atoms with E-state index in [1.165, 1.54) is 141 Å². The van der Waals surface area contributed by atoms with Crippen molar-refractivity contribution in [1.82, 2.24) is 0 Å². The molecule has 0 rings (SSSR count). The van der Waals surface area contributed by atoms with Crippen molar-refractivity contribution < 1.29 is 28.6 Å². The van der Waals surface area contributed by atoms with Gasteiger partial charge in [-0.3, -0.25) is 14.4 Å². The molecule has 0 N–H and O–H groups in total. The van der Waals surface area contributed by atoms with Crippen molar-refractivity contribution in [3.05, 3.63) is 0 Å². The van der Waals surface area contributed by atoms with E-state index >= 15 is 0 Å². The normalized spacial score (nSPS) is 12.7. The smallest absolute Gasteiger partial charge is 0.306 e. The monoisotopic (exact) mass is 779 g/mol. The second-order valence-electron chi connectivity index (χ2n) is 17.9. The number of ether oxygens (including phenoxy) is 3. The van der Waals surface area contributed by atoms with Gasteiger partial charge < -0.3 is 14.2 Å². The minimum absolute atomic E-state index is 0.0665. The van der Waals surface area contributed by atoms with Crippen LogP contribution in [-0.2, 0) is 28.6 Å². The summed E-state index contributed by atoms with van der Waals surface area (Å²) in [4.78, 5) is 37.8. The van der Waals surface area contributed by atoms with Gasteiger partial charge in [0.15, 0.2) is 6.10 Å². The van der Waals surface area contributed by atoms with Gasteiger partial charge >= 0.3 is 17.9 Å². The molecule has 0 aliphatic carbocycles. The zero-order valence-electron chi connectivity index (χ0n) is 37.7. The molecule has 0 fully saturated rings. The van der Waals surface area contributed by atoms with Gasteiger partial charge in [0.05, 0.1) is 0 Å². The van der Waals surface area contributed by atoms with Gasteiger partial charge in [0.2, 0.25) is 0 Å². The predicted octanol–water partition coefficient (Wildman–Crippen LogP) is 15.2. The second kappa shape index (κ2) is 40.6. The van der Waals surface area contributed by atoms with Crippen LogP contribution < -0.4 is 0 Å². The zero-order chi connectivity index (χ0) is 40.6. The molecule has 0 saturated heterocycles. The summed E-state index contributed by atoms with van der Waals surface area (Å²) in [7, 11) is 0. The maximum Gasteiger partial charge on any atom is 0.306 e. The van der Waals surface area contributed by atoms with Crippen LogP contribution in [0.15, 0.2) is 0 Å². The third-order valence-corrected chi connectivity index (χ3v) is 11.3. The van der Waals surface area contributed by atoms with Crippen LogP contribution in [0.25, 0.3) is 0 Å². The van der Waals surface area contributed by atoms with Gasteiger partial charge in [0, 0.05) is 19.3 Å². The van der Waals surface area contributed by atoms with Crippen molar-refractivity contribution in [2.75, 3.05) is 13.2 Å². The number of unbranched alkanes of at least 4 members (excludes halogenated alkanes) is 24. The molecule has 0 aromatic heterocycles. The number of hydrogen-bond donors (Lipinski definition) is 0. The van der Waals surface area contributed by atoms with Gasteiger partial charge in [-0.05, 0) is 37.0 Å². The molecule has 2 atom stereocenters. The Morgan fingerprint density at radius 3 is 0.945 bits per heavy atom. The molecular formula is C49H94O6. The van der Waals surface area contributed by atoms with Crippen LogP contribution in [0.4, 0.5) is 0 Å². The zero-order valence-corrected chi connectivity index (χ0v) is 37.7. The first-order valence-corrected chi connectivity index (χ1v) is 24.1. The molecule has 0 radical (unpaired) electrons. The fourth-order valence-corrected chi connectivity index (χ4v) is 7.20. The molecule has 6 nitrogen and oxygen atoms in total. The van der Waals surface area contributed by atoms with Crippen molar-refractivity contribution in [3.63, 3.8) is 0 Å². The Kier molecular flexibility index (Phi) is 39.4. The standard InChI is InChI=1S/C49H94O6/c1-7-45(6)37-31-25-18-15-16-20-27-33-39-48(51)54-42-46(55-49(52)40-34-28-22-21-24-30-36-44(4)5)41-53-47(50)38-32-26-19-14-12-10-8-9-11-13-17-23-29-35-43(2)3/h43-46H,7-42H2,1-6H3/t45?,46-/m0/s1. The van der Waals surface area contributed by atoms with Gasteiger partial charge in [0.1, 0.15) is 13.2 Å². The Balaban J connectivity index is 4.28. The number of rotatable bonds is 42. The van der Waals surface area contributed by atoms with Crippen molar-refractivity contribution >= 4 is 17.9 Å². The third-order valence-electron chi connectivity index (χ3n) is 11.3. The lowest BCUT2D eigenvalue weighted by atomic mass is 9.99. The number of carbonyl (C=O) groups is 3. The van der Waals surface area contributed by atoms with Gasteiger partial charge in [-0.15, -0.1) is 0 Å². The van der Waals surface area contributed by atoms with Crippen LogP contribution in [0.1, 0.15) is 260 Å². The molecule has 0 aliphatic heterocycles. The maximum atomic E-state index is 12.7. The molecule has 0 bridgehead atoms. The van der Waals surface area contributed by atoms with E-state index in [-0.39, 0.29) is 31.1 Å². The molecule has 0 aliphatic rings. The lowest BCUT2D eigenvalue weighted by molar-refractivity contribution is -0.167. The van der Waals surface area contributed by atoms with Crippen LogP contribution in [0, 0.1) is 17.8 Å². The van der Waals surface area contributed by atoms with Crippen LogP contribution in [0.2, 0.25) is 0 Å². The summed E-state index contributed by atoms with van der Waals surface area (Å²) >= 11 is 0. The van der Waals surface area contributed by atoms with Crippen LogP contribution in [-0.4, -0.2) is 37.2 Å². The van der Waals surface area contributed by atoms with Crippen LogP contribution in [0.3, 0.4) is 0 Å². The van der Waals surface area contributed by atoms with Crippen LogP contribution in [0.5, 0.6) is 0 Å². The Bertz CT molecular complexity index is 854. The third kappa shape index (κ3) is 41.9. The molecule has 55 heavy (non-hydrogen) atoms. The van der Waals surface area contributed by atoms with Crippen molar-refractivity contribution in [3.8, 4) is 0 Å². The highest BCUT2D eigenvalue weighted by atomic mass is 16.6. The van der Waals surface area contributed by atoms with E-state index in [0.717, 1.165) is 75.5 Å². The molecule has 1 unspecified atom stereocenters. The highest BCUT2D eigenvalue weighted by Crippen LogP contribution is 2.17. The first-order valence-electron chi connectivity index (χ1n) is 24.1. The number of carbonyl (C=O) groups excluding carboxylic acids is 3. The van der Waals surface area contributed by atoms with Crippen LogP contribution >= 0.6 is 0 Å². The molecule has 326 valence electrons. The Labute approximate surface area is 342 Å². The van der Waals surface area contributed by atoms with Gasteiger partial charge in [0.25, 0.3) is 0 Å². The molecule has 0 aromatic rings. The number of hydrogen-bond acceptors (Lipinski definition) is 6. The fraction of sp³-hybridized carbons (Fsp3) is 0.939. The highest BCUT2D eigenvalue weighted by molar-refractivity contribution is 5.71. The Morgan fingerprint density at radius 2 is 0.636 bits per heavy atom. The van der Waals surface area contributed by atoms with E-state index in [1.807, 2.05) is 0 Å². The fourth-order valence-electron chi connectivity index (χ4n) is 7.20. The maximum absolute atomic E-state index is 12.7. The summed E-state index contributed by atoms with van der Waals surface area (Å²) in [6.07, 6.45) is 38.1.